The summed E-state index contributed by atoms with van der Waals surface area (Å²) >= 11 is 0. The third kappa shape index (κ3) is 5.03. The van der Waals surface area contributed by atoms with Gasteiger partial charge in [0, 0.05) is 31.5 Å². The molecule has 0 radical (unpaired) electrons. The fraction of sp³-hybridized carbons (Fsp3) is 0.476. The van der Waals surface area contributed by atoms with Crippen LogP contribution in [0.2, 0.25) is 0 Å². The minimum atomic E-state index is 0.483. The van der Waals surface area contributed by atoms with Crippen molar-refractivity contribution in [3.63, 3.8) is 0 Å². The standard InChI is InChI=1S/C21H29N3O/c1-23(13-7-15-25-20-9-4-3-5-10-20)17-19-11-14-24(2)21(19)18-8-6-12-22-16-18/h3-6,8-10,12,16,19,21H,7,11,13-15,17H2,1-2H3/t19-,21-/m0/s1. The van der Waals surface area contributed by atoms with Gasteiger partial charge in [0.05, 0.1) is 6.61 Å². The Kier molecular flexibility index (Phi) is 6.42. The summed E-state index contributed by atoms with van der Waals surface area (Å²) in [6.45, 7) is 4.11. The molecule has 4 heteroatoms. The molecule has 2 atom stereocenters. The highest BCUT2D eigenvalue weighted by molar-refractivity contribution is 5.20. The molecule has 0 aliphatic carbocycles. The molecule has 4 nitrogen and oxygen atoms in total. The van der Waals surface area contributed by atoms with Crippen LogP contribution in [0.1, 0.15) is 24.4 Å². The number of likely N-dealkylation sites (tertiary alicyclic amines) is 1. The Morgan fingerprint density at radius 1 is 1.20 bits per heavy atom. The zero-order chi connectivity index (χ0) is 17.5. The van der Waals surface area contributed by atoms with Gasteiger partial charge in [-0.3, -0.25) is 9.88 Å². The predicted octanol–water partition coefficient (Wildman–Crippen LogP) is 3.48. The number of para-hydroxylation sites is 1. The zero-order valence-corrected chi connectivity index (χ0v) is 15.3. The van der Waals surface area contributed by atoms with Crippen molar-refractivity contribution in [1.82, 2.24) is 14.8 Å². The predicted molar refractivity (Wildman–Crippen MR) is 102 cm³/mol. The summed E-state index contributed by atoms with van der Waals surface area (Å²) in [7, 11) is 4.45. The summed E-state index contributed by atoms with van der Waals surface area (Å²) in [5.41, 5.74) is 1.34. The number of benzene rings is 1. The van der Waals surface area contributed by atoms with Crippen LogP contribution < -0.4 is 4.74 Å². The first-order valence-electron chi connectivity index (χ1n) is 9.20. The van der Waals surface area contributed by atoms with Crippen LogP contribution >= 0.6 is 0 Å². The van der Waals surface area contributed by atoms with Crippen molar-refractivity contribution in [1.29, 1.82) is 0 Å². The van der Waals surface area contributed by atoms with Crippen molar-refractivity contribution < 1.29 is 4.74 Å². The van der Waals surface area contributed by atoms with E-state index in [9.17, 15) is 0 Å². The molecule has 1 saturated heterocycles. The largest absolute Gasteiger partial charge is 0.494 e. The van der Waals surface area contributed by atoms with E-state index in [1.54, 1.807) is 0 Å². The summed E-state index contributed by atoms with van der Waals surface area (Å²) in [5.74, 6) is 1.62. The van der Waals surface area contributed by atoms with Crippen molar-refractivity contribution in [2.45, 2.75) is 18.9 Å². The molecule has 2 aromatic rings. The third-order valence-electron chi connectivity index (χ3n) is 5.04. The Hall–Kier alpha value is -1.91. The summed E-state index contributed by atoms with van der Waals surface area (Å²) in [6.07, 6.45) is 6.17. The normalized spacial score (nSPS) is 20.9. The molecule has 0 spiro atoms. The van der Waals surface area contributed by atoms with Gasteiger partial charge in [-0.1, -0.05) is 24.3 Å². The van der Waals surface area contributed by atoms with Gasteiger partial charge in [-0.2, -0.15) is 0 Å². The Balaban J connectivity index is 1.44. The minimum absolute atomic E-state index is 0.483. The number of rotatable bonds is 8. The van der Waals surface area contributed by atoms with Crippen molar-refractivity contribution >= 4 is 0 Å². The lowest BCUT2D eigenvalue weighted by Gasteiger charge is -2.28. The average molecular weight is 339 g/mol. The van der Waals surface area contributed by atoms with Crippen molar-refractivity contribution in [2.24, 2.45) is 5.92 Å². The third-order valence-corrected chi connectivity index (χ3v) is 5.04. The molecule has 1 aliphatic heterocycles. The summed E-state index contributed by atoms with van der Waals surface area (Å²) in [6, 6.07) is 14.8. The molecule has 0 saturated carbocycles. The van der Waals surface area contributed by atoms with Gasteiger partial charge in [-0.15, -0.1) is 0 Å². The first-order valence-corrected chi connectivity index (χ1v) is 9.20. The topological polar surface area (TPSA) is 28.6 Å². The van der Waals surface area contributed by atoms with Crippen LogP contribution in [0, 0.1) is 5.92 Å². The van der Waals surface area contributed by atoms with Gasteiger partial charge >= 0.3 is 0 Å². The minimum Gasteiger partial charge on any atom is -0.494 e. The molecule has 1 aliphatic rings. The average Bonchev–Trinajstić information content (AvgIpc) is 3.00. The van der Waals surface area contributed by atoms with Crippen molar-refractivity contribution in [3.8, 4) is 5.75 Å². The van der Waals surface area contributed by atoms with Gasteiger partial charge in [0.15, 0.2) is 0 Å². The van der Waals surface area contributed by atoms with Gasteiger partial charge in [-0.05, 0) is 63.2 Å². The fourth-order valence-corrected chi connectivity index (χ4v) is 3.83. The maximum absolute atomic E-state index is 5.79. The second-order valence-electron chi connectivity index (χ2n) is 7.04. The molecule has 3 rings (SSSR count). The first-order chi connectivity index (χ1) is 12.2. The highest BCUT2D eigenvalue weighted by Gasteiger charge is 2.33. The van der Waals surface area contributed by atoms with Crippen LogP contribution in [0.15, 0.2) is 54.9 Å². The lowest BCUT2D eigenvalue weighted by Crippen LogP contribution is -2.31. The van der Waals surface area contributed by atoms with E-state index >= 15 is 0 Å². The molecule has 134 valence electrons. The van der Waals surface area contributed by atoms with Gasteiger partial charge in [0.25, 0.3) is 0 Å². The fourth-order valence-electron chi connectivity index (χ4n) is 3.83. The Morgan fingerprint density at radius 3 is 2.80 bits per heavy atom. The van der Waals surface area contributed by atoms with Crippen LogP contribution in [0.5, 0.6) is 5.75 Å². The number of nitrogens with zero attached hydrogens (tertiary/aromatic N) is 3. The van der Waals surface area contributed by atoms with Gasteiger partial charge in [0.1, 0.15) is 5.75 Å². The zero-order valence-electron chi connectivity index (χ0n) is 15.3. The van der Waals surface area contributed by atoms with E-state index in [4.69, 9.17) is 4.74 Å². The van der Waals surface area contributed by atoms with Crippen LogP contribution in [0.3, 0.4) is 0 Å². The van der Waals surface area contributed by atoms with Crippen molar-refractivity contribution in [2.75, 3.05) is 40.3 Å². The van der Waals surface area contributed by atoms with Crippen LogP contribution in [0.4, 0.5) is 0 Å². The van der Waals surface area contributed by atoms with Crippen LogP contribution in [0.25, 0.3) is 0 Å². The number of aromatic nitrogens is 1. The molecular weight excluding hydrogens is 310 g/mol. The number of ether oxygens (including phenoxy) is 1. The molecule has 1 aromatic heterocycles. The Bertz CT molecular complexity index is 620. The van der Waals surface area contributed by atoms with Crippen LogP contribution in [-0.4, -0.2) is 55.1 Å². The van der Waals surface area contributed by atoms with Gasteiger partial charge < -0.3 is 9.64 Å². The molecule has 0 N–H and O–H groups in total. The van der Waals surface area contributed by atoms with Gasteiger partial charge in [-0.25, -0.2) is 0 Å². The molecular formula is C21H29N3O. The Morgan fingerprint density at radius 2 is 2.04 bits per heavy atom. The maximum atomic E-state index is 5.79. The Labute approximate surface area is 151 Å². The maximum Gasteiger partial charge on any atom is 0.119 e. The van der Waals surface area contributed by atoms with Crippen LogP contribution in [-0.2, 0) is 0 Å². The van der Waals surface area contributed by atoms with E-state index in [1.165, 1.54) is 12.0 Å². The molecule has 1 fully saturated rings. The first kappa shape index (κ1) is 17.9. The lowest BCUT2D eigenvalue weighted by atomic mass is 9.94. The monoisotopic (exact) mass is 339 g/mol. The quantitative estimate of drug-likeness (QED) is 0.689. The van der Waals surface area contributed by atoms with E-state index < -0.39 is 0 Å². The van der Waals surface area contributed by atoms with E-state index in [-0.39, 0.29) is 0 Å². The highest BCUT2D eigenvalue weighted by Crippen LogP contribution is 2.36. The van der Waals surface area contributed by atoms with Crippen molar-refractivity contribution in [3.05, 3.63) is 60.4 Å². The molecule has 0 amide bonds. The number of pyridine rings is 1. The second kappa shape index (κ2) is 8.97. The van der Waals surface area contributed by atoms with E-state index in [1.807, 2.05) is 48.8 Å². The van der Waals surface area contributed by atoms with E-state index in [0.717, 1.165) is 38.4 Å². The second-order valence-corrected chi connectivity index (χ2v) is 7.04. The lowest BCUT2D eigenvalue weighted by molar-refractivity contribution is 0.205. The molecule has 2 heterocycles. The molecule has 25 heavy (non-hydrogen) atoms. The number of hydrogen-bond donors (Lipinski definition) is 0. The summed E-state index contributed by atoms with van der Waals surface area (Å²) < 4.78 is 5.79. The smallest absolute Gasteiger partial charge is 0.119 e. The van der Waals surface area contributed by atoms with Gasteiger partial charge in [0.2, 0.25) is 0 Å². The molecule has 0 bridgehead atoms. The SMILES string of the molecule is CN(CCCOc1ccccc1)C[C@@H]1CCN(C)[C@H]1c1cccnc1. The molecule has 0 unspecified atom stereocenters. The van der Waals surface area contributed by atoms with E-state index in [2.05, 4.69) is 34.9 Å². The highest BCUT2D eigenvalue weighted by atomic mass is 16.5. The number of hydrogen-bond acceptors (Lipinski definition) is 4. The summed E-state index contributed by atoms with van der Waals surface area (Å²) in [4.78, 5) is 9.22. The molecule has 1 aromatic carbocycles. The van der Waals surface area contributed by atoms with E-state index in [0.29, 0.717) is 12.0 Å². The summed E-state index contributed by atoms with van der Waals surface area (Å²) in [5, 5.41) is 0.